The van der Waals surface area contributed by atoms with Gasteiger partial charge in [0.1, 0.15) is 0 Å². The van der Waals surface area contributed by atoms with Crippen molar-refractivity contribution in [3.63, 3.8) is 0 Å². The zero-order valence-corrected chi connectivity index (χ0v) is 35.0. The van der Waals surface area contributed by atoms with E-state index in [2.05, 4.69) is 152 Å². The third kappa shape index (κ3) is 7.25. The number of anilines is 3. The van der Waals surface area contributed by atoms with Gasteiger partial charge in [-0.15, -0.1) is 0 Å². The third-order valence-electron chi connectivity index (χ3n) is 14.8. The smallest absolute Gasteiger partial charge is 0.0465 e. The summed E-state index contributed by atoms with van der Waals surface area (Å²) in [5.74, 6) is 2.08. The SMILES string of the molecule is CC1(C)c2ccccc2-c2ccc(N(c3ccc(-c4cccc(-c5cc(C6CCCCC6)cc(C6CCCCC6)c5)c4)cc3)c3cccc(C4CCCCC4)c3)cc21. The highest BCUT2D eigenvalue weighted by molar-refractivity contribution is 5.86. The summed E-state index contributed by atoms with van der Waals surface area (Å²) in [4.78, 5) is 2.51. The van der Waals surface area contributed by atoms with Gasteiger partial charge in [0, 0.05) is 22.5 Å². The molecule has 3 fully saturated rings. The van der Waals surface area contributed by atoms with Gasteiger partial charge in [0.25, 0.3) is 0 Å². The molecule has 0 saturated heterocycles. The Morgan fingerprint density at radius 3 is 1.55 bits per heavy atom. The van der Waals surface area contributed by atoms with Crippen molar-refractivity contribution in [2.45, 2.75) is 133 Å². The predicted octanol–water partition coefficient (Wildman–Crippen LogP) is 16.9. The van der Waals surface area contributed by atoms with E-state index >= 15 is 0 Å². The molecule has 0 N–H and O–H groups in total. The van der Waals surface area contributed by atoms with Crippen LogP contribution in [0.4, 0.5) is 17.1 Å². The maximum Gasteiger partial charge on any atom is 0.0465 e. The van der Waals surface area contributed by atoms with Crippen LogP contribution in [0.2, 0.25) is 0 Å². The fourth-order valence-corrected chi connectivity index (χ4v) is 11.5. The number of benzene rings is 6. The average Bonchev–Trinajstić information content (AvgIpc) is 3.53. The van der Waals surface area contributed by atoms with Crippen LogP contribution in [-0.4, -0.2) is 0 Å². The first-order valence-corrected chi connectivity index (χ1v) is 23.0. The van der Waals surface area contributed by atoms with Gasteiger partial charge in [-0.05, 0) is 160 Å². The number of fused-ring (bicyclic) bond motifs is 3. The van der Waals surface area contributed by atoms with E-state index in [9.17, 15) is 0 Å². The molecule has 1 nitrogen and oxygen atoms in total. The maximum atomic E-state index is 2.62. The van der Waals surface area contributed by atoms with Gasteiger partial charge in [0.05, 0.1) is 0 Å². The summed E-state index contributed by atoms with van der Waals surface area (Å²) < 4.78 is 0. The summed E-state index contributed by atoms with van der Waals surface area (Å²) in [6, 6.07) is 52.2. The Labute approximate surface area is 348 Å². The Morgan fingerprint density at radius 2 is 0.897 bits per heavy atom. The highest BCUT2D eigenvalue weighted by atomic mass is 15.1. The molecule has 10 rings (SSSR count). The summed E-state index contributed by atoms with van der Waals surface area (Å²) in [6.07, 6.45) is 20.4. The lowest BCUT2D eigenvalue weighted by atomic mass is 9.78. The molecule has 6 aromatic rings. The molecule has 1 heteroatoms. The molecule has 294 valence electrons. The summed E-state index contributed by atoms with van der Waals surface area (Å²) in [5, 5.41) is 0. The van der Waals surface area contributed by atoms with Crippen molar-refractivity contribution < 1.29 is 0 Å². The van der Waals surface area contributed by atoms with Crippen LogP contribution in [0.3, 0.4) is 0 Å². The van der Waals surface area contributed by atoms with Gasteiger partial charge in [0.15, 0.2) is 0 Å². The molecule has 0 radical (unpaired) electrons. The monoisotopic (exact) mass is 759 g/mol. The maximum absolute atomic E-state index is 2.62. The van der Waals surface area contributed by atoms with Crippen molar-refractivity contribution in [1.82, 2.24) is 0 Å². The van der Waals surface area contributed by atoms with Crippen LogP contribution in [0.5, 0.6) is 0 Å². The molecule has 0 unspecified atom stereocenters. The van der Waals surface area contributed by atoms with E-state index in [-0.39, 0.29) is 5.41 Å². The topological polar surface area (TPSA) is 3.24 Å². The van der Waals surface area contributed by atoms with E-state index in [0.717, 1.165) is 0 Å². The molecule has 0 aliphatic heterocycles. The zero-order chi connectivity index (χ0) is 39.1. The average molecular weight is 760 g/mol. The second-order valence-electron chi connectivity index (χ2n) is 18.9. The molecule has 0 spiro atoms. The normalized spacial score (nSPS) is 18.4. The first kappa shape index (κ1) is 37.4. The summed E-state index contributed by atoms with van der Waals surface area (Å²) in [7, 11) is 0. The molecular weight excluding hydrogens is 699 g/mol. The van der Waals surface area contributed by atoms with Crippen LogP contribution in [0.1, 0.15) is 156 Å². The first-order valence-electron chi connectivity index (χ1n) is 23.0. The standard InChI is InChI=1S/C57H61N/c1-57(2)55-27-13-12-26-53(55)54-33-32-52(39-56(54)57)58(51-25-15-24-46(38-51)40-16-6-3-7-17-40)50-30-28-43(29-31-50)44-22-14-23-45(34-44)49-36-47(41-18-8-4-9-19-41)35-48(37-49)42-20-10-5-11-21-42/h12-15,22-42H,3-11,16-21H2,1-2H3. The highest BCUT2D eigenvalue weighted by Gasteiger charge is 2.36. The van der Waals surface area contributed by atoms with Gasteiger partial charge in [-0.1, -0.05) is 163 Å². The minimum atomic E-state index is -0.0560. The number of rotatable bonds is 8. The van der Waals surface area contributed by atoms with E-state index in [1.54, 1.807) is 11.1 Å². The molecule has 0 heterocycles. The van der Waals surface area contributed by atoms with Crippen molar-refractivity contribution >= 4 is 17.1 Å². The van der Waals surface area contributed by atoms with Gasteiger partial charge >= 0.3 is 0 Å². The van der Waals surface area contributed by atoms with E-state index < -0.39 is 0 Å². The number of hydrogen-bond donors (Lipinski definition) is 0. The Balaban J connectivity index is 1.01. The molecule has 6 aromatic carbocycles. The van der Waals surface area contributed by atoms with Gasteiger partial charge in [-0.25, -0.2) is 0 Å². The molecule has 0 amide bonds. The highest BCUT2D eigenvalue weighted by Crippen LogP contribution is 2.51. The molecule has 0 bridgehead atoms. The van der Waals surface area contributed by atoms with Crippen molar-refractivity contribution in [3.8, 4) is 33.4 Å². The van der Waals surface area contributed by atoms with Crippen molar-refractivity contribution in [2.24, 2.45) is 0 Å². The number of hydrogen-bond acceptors (Lipinski definition) is 1. The second-order valence-corrected chi connectivity index (χ2v) is 18.9. The molecule has 3 saturated carbocycles. The summed E-state index contributed by atoms with van der Waals surface area (Å²) >= 11 is 0. The lowest BCUT2D eigenvalue weighted by molar-refractivity contribution is 0.435. The van der Waals surface area contributed by atoms with Crippen molar-refractivity contribution in [1.29, 1.82) is 0 Å². The van der Waals surface area contributed by atoms with Crippen molar-refractivity contribution in [3.05, 3.63) is 161 Å². The Kier molecular flexibility index (Phi) is 10.3. The van der Waals surface area contributed by atoms with Crippen LogP contribution >= 0.6 is 0 Å². The van der Waals surface area contributed by atoms with Crippen LogP contribution in [0.25, 0.3) is 33.4 Å². The van der Waals surface area contributed by atoms with Crippen LogP contribution in [0.15, 0.2) is 133 Å². The Hall–Kier alpha value is -4.88. The van der Waals surface area contributed by atoms with E-state index in [1.807, 2.05) is 0 Å². The molecule has 0 aromatic heterocycles. The Morgan fingerprint density at radius 1 is 0.362 bits per heavy atom. The van der Waals surface area contributed by atoms with Gasteiger partial charge in [-0.3, -0.25) is 0 Å². The predicted molar refractivity (Wildman–Crippen MR) is 247 cm³/mol. The molecule has 4 aliphatic carbocycles. The molecule has 4 aliphatic rings. The summed E-state index contributed by atoms with van der Waals surface area (Å²) in [6.45, 7) is 4.78. The fourth-order valence-electron chi connectivity index (χ4n) is 11.5. The third-order valence-corrected chi connectivity index (χ3v) is 14.8. The van der Waals surface area contributed by atoms with Gasteiger partial charge < -0.3 is 4.90 Å². The van der Waals surface area contributed by atoms with E-state index in [0.29, 0.717) is 17.8 Å². The van der Waals surface area contributed by atoms with E-state index in [1.165, 1.54) is 163 Å². The minimum Gasteiger partial charge on any atom is -0.310 e. The van der Waals surface area contributed by atoms with Gasteiger partial charge in [-0.2, -0.15) is 0 Å². The van der Waals surface area contributed by atoms with Crippen LogP contribution < -0.4 is 4.90 Å². The zero-order valence-electron chi connectivity index (χ0n) is 35.0. The summed E-state index contributed by atoms with van der Waals surface area (Å²) in [5.41, 5.74) is 19.2. The molecule has 58 heavy (non-hydrogen) atoms. The molecular formula is C57H61N. The lowest BCUT2D eigenvalue weighted by Crippen LogP contribution is -2.16. The quantitative estimate of drug-likeness (QED) is 0.149. The van der Waals surface area contributed by atoms with E-state index in [4.69, 9.17) is 0 Å². The largest absolute Gasteiger partial charge is 0.310 e. The van der Waals surface area contributed by atoms with Crippen LogP contribution in [-0.2, 0) is 5.41 Å². The van der Waals surface area contributed by atoms with Crippen molar-refractivity contribution in [2.75, 3.05) is 4.90 Å². The first-order chi connectivity index (χ1) is 28.5. The molecule has 0 atom stereocenters. The Bertz CT molecular complexity index is 2340. The lowest BCUT2D eigenvalue weighted by Gasteiger charge is -2.29. The minimum absolute atomic E-state index is 0.0560. The van der Waals surface area contributed by atoms with Gasteiger partial charge in [0.2, 0.25) is 0 Å². The van der Waals surface area contributed by atoms with Crippen LogP contribution in [0, 0.1) is 0 Å². The second kappa shape index (κ2) is 16.1. The number of nitrogens with zero attached hydrogens (tertiary/aromatic N) is 1. The fraction of sp³-hybridized carbons (Fsp3) is 0.368.